The predicted molar refractivity (Wildman–Crippen MR) is 84.1 cm³/mol. The molecule has 3 aromatic rings. The van der Waals surface area contributed by atoms with Crippen LogP contribution in [0.15, 0.2) is 54.6 Å². The largest absolute Gasteiger partial charge is 0.457 e. The highest BCUT2D eigenvalue weighted by Crippen LogP contribution is 2.21. The van der Waals surface area contributed by atoms with Crippen LogP contribution in [0.2, 0.25) is 0 Å². The normalized spacial score (nSPS) is 10.6. The third-order valence-electron chi connectivity index (χ3n) is 3.57. The summed E-state index contributed by atoms with van der Waals surface area (Å²) in [4.78, 5) is 0. The van der Waals surface area contributed by atoms with Gasteiger partial charge in [0.05, 0.1) is 0 Å². The first kappa shape index (κ1) is 14.1. The van der Waals surface area contributed by atoms with Gasteiger partial charge in [-0.1, -0.05) is 30.3 Å². The summed E-state index contributed by atoms with van der Waals surface area (Å²) in [5.41, 5.74) is 1.15. The first-order valence-electron chi connectivity index (χ1n) is 7.16. The number of aryl methyl sites for hydroxylation is 1. The zero-order valence-corrected chi connectivity index (χ0v) is 12.7. The molecule has 2 aromatic carbocycles. The van der Waals surface area contributed by atoms with Crippen molar-refractivity contribution < 1.29 is 9.41 Å². The molecule has 2 N–H and O–H groups in total. The number of ether oxygens (including phenoxy) is 1. The van der Waals surface area contributed by atoms with Crippen LogP contribution >= 0.6 is 0 Å². The highest BCUT2D eigenvalue weighted by molar-refractivity contribution is 5.33. The molecule has 0 fully saturated rings. The van der Waals surface area contributed by atoms with E-state index >= 15 is 0 Å². The molecule has 1 heterocycles. The van der Waals surface area contributed by atoms with Gasteiger partial charge in [-0.2, -0.15) is 0 Å². The quantitative estimate of drug-likeness (QED) is 0.594. The van der Waals surface area contributed by atoms with Crippen molar-refractivity contribution in [3.63, 3.8) is 0 Å². The maximum absolute atomic E-state index is 5.88. The van der Waals surface area contributed by atoms with Crippen LogP contribution in [0.25, 0.3) is 0 Å². The van der Waals surface area contributed by atoms with Gasteiger partial charge in [-0.05, 0) is 29.8 Å². The summed E-state index contributed by atoms with van der Waals surface area (Å²) in [6.45, 7) is 4.52. The summed E-state index contributed by atoms with van der Waals surface area (Å²) < 4.78 is 9.27. The van der Waals surface area contributed by atoms with Crippen LogP contribution in [-0.2, 0) is 6.54 Å². The Labute approximate surface area is 129 Å². The zero-order chi connectivity index (χ0) is 15.5. The molecular formula is C17H19N4O+. The Morgan fingerprint density at radius 2 is 1.64 bits per heavy atom. The Kier molecular flexibility index (Phi) is 3.78. The molecule has 22 heavy (non-hydrogen) atoms. The third kappa shape index (κ3) is 2.93. The Morgan fingerprint density at radius 3 is 2.23 bits per heavy atom. The van der Waals surface area contributed by atoms with Gasteiger partial charge >= 0.3 is 0 Å². The molecule has 0 amide bonds. The average Bonchev–Trinajstić information content (AvgIpc) is 2.77. The van der Waals surface area contributed by atoms with E-state index in [1.54, 1.807) is 4.68 Å². The van der Waals surface area contributed by atoms with E-state index in [9.17, 15) is 0 Å². The lowest BCUT2D eigenvalue weighted by Gasteiger charge is -2.06. The number of aromatic nitrogens is 3. The fraction of sp³-hybridized carbons (Fsp3) is 0.176. The Hall–Kier alpha value is -2.82. The van der Waals surface area contributed by atoms with Gasteiger partial charge in [-0.3, -0.25) is 5.84 Å². The lowest BCUT2D eigenvalue weighted by Crippen LogP contribution is -2.48. The number of rotatable bonds is 4. The van der Waals surface area contributed by atoms with Gasteiger partial charge in [-0.15, -0.1) is 9.36 Å². The molecule has 1 aromatic heterocycles. The number of para-hydroxylation sites is 1. The van der Waals surface area contributed by atoms with Crippen LogP contribution < -0.4 is 15.3 Å². The van der Waals surface area contributed by atoms with E-state index in [0.29, 0.717) is 6.54 Å². The van der Waals surface area contributed by atoms with E-state index in [2.05, 4.69) is 5.10 Å². The van der Waals surface area contributed by atoms with Crippen LogP contribution in [0.4, 0.5) is 0 Å². The van der Waals surface area contributed by atoms with E-state index < -0.39 is 0 Å². The summed E-state index contributed by atoms with van der Waals surface area (Å²) in [5, 5.41) is 4.42. The highest BCUT2D eigenvalue weighted by atomic mass is 16.5. The summed E-state index contributed by atoms with van der Waals surface area (Å²) >= 11 is 0. The van der Waals surface area contributed by atoms with Crippen molar-refractivity contribution in [1.29, 1.82) is 0 Å². The van der Waals surface area contributed by atoms with E-state index in [0.717, 1.165) is 28.7 Å². The topological polar surface area (TPSA) is 57.0 Å². The van der Waals surface area contributed by atoms with Crippen molar-refractivity contribution in [2.75, 3.05) is 5.84 Å². The Balaban J connectivity index is 1.73. The highest BCUT2D eigenvalue weighted by Gasteiger charge is 2.17. The van der Waals surface area contributed by atoms with E-state index in [1.165, 1.54) is 0 Å². The van der Waals surface area contributed by atoms with Crippen LogP contribution in [0.5, 0.6) is 11.5 Å². The molecule has 0 bridgehead atoms. The van der Waals surface area contributed by atoms with Gasteiger partial charge in [0.1, 0.15) is 18.0 Å². The van der Waals surface area contributed by atoms with Gasteiger partial charge in [0.2, 0.25) is 0 Å². The molecule has 0 aliphatic rings. The van der Waals surface area contributed by atoms with Gasteiger partial charge in [0.15, 0.2) is 0 Å². The molecule has 0 atom stereocenters. The first-order chi connectivity index (χ1) is 10.6. The number of hydrogen-bond acceptors (Lipinski definition) is 3. The number of nitrogens with two attached hydrogens (primary N) is 1. The molecule has 5 nitrogen and oxygen atoms in total. The molecule has 0 saturated heterocycles. The van der Waals surface area contributed by atoms with Crippen molar-refractivity contribution in [2.45, 2.75) is 20.4 Å². The second kappa shape index (κ2) is 5.89. The minimum atomic E-state index is 0.683. The van der Waals surface area contributed by atoms with Crippen LogP contribution in [0.1, 0.15) is 17.2 Å². The molecule has 112 valence electrons. The lowest BCUT2D eigenvalue weighted by atomic mass is 10.2. The molecule has 0 aliphatic heterocycles. The molecule has 0 radical (unpaired) electrons. The maximum Gasteiger partial charge on any atom is 0.295 e. The van der Waals surface area contributed by atoms with Gasteiger partial charge in [0, 0.05) is 18.9 Å². The SMILES string of the molecule is Cc1nn(Cc2ccc(Oc3ccccc3)cc2)c(C)[n+]1N. The summed E-state index contributed by atoms with van der Waals surface area (Å²) in [6.07, 6.45) is 0. The van der Waals surface area contributed by atoms with Crippen molar-refractivity contribution in [2.24, 2.45) is 0 Å². The molecule has 0 saturated carbocycles. The molecule has 0 aliphatic carbocycles. The minimum Gasteiger partial charge on any atom is -0.457 e. The van der Waals surface area contributed by atoms with E-state index in [4.69, 9.17) is 10.6 Å². The smallest absolute Gasteiger partial charge is 0.295 e. The third-order valence-corrected chi connectivity index (χ3v) is 3.57. The molecular weight excluding hydrogens is 276 g/mol. The number of benzene rings is 2. The van der Waals surface area contributed by atoms with Crippen LogP contribution in [-0.4, -0.2) is 9.78 Å². The summed E-state index contributed by atoms with van der Waals surface area (Å²) in [5.74, 6) is 9.24. The molecule has 0 unspecified atom stereocenters. The van der Waals surface area contributed by atoms with Crippen LogP contribution in [0.3, 0.4) is 0 Å². The second-order valence-electron chi connectivity index (χ2n) is 5.18. The van der Waals surface area contributed by atoms with Gasteiger partial charge < -0.3 is 4.74 Å². The van der Waals surface area contributed by atoms with Crippen molar-refractivity contribution >= 4 is 0 Å². The van der Waals surface area contributed by atoms with Gasteiger partial charge in [-0.25, -0.2) is 0 Å². The van der Waals surface area contributed by atoms with Gasteiger partial charge in [0.25, 0.3) is 11.6 Å². The Morgan fingerprint density at radius 1 is 1.00 bits per heavy atom. The molecule has 5 heteroatoms. The summed E-state index contributed by atoms with van der Waals surface area (Å²) in [6, 6.07) is 17.7. The number of hydrogen-bond donors (Lipinski definition) is 1. The van der Waals surface area contributed by atoms with E-state index in [1.807, 2.05) is 73.1 Å². The van der Waals surface area contributed by atoms with Crippen molar-refractivity contribution in [3.05, 3.63) is 71.8 Å². The fourth-order valence-corrected chi connectivity index (χ4v) is 2.26. The lowest BCUT2D eigenvalue weighted by molar-refractivity contribution is -0.652. The van der Waals surface area contributed by atoms with E-state index in [-0.39, 0.29) is 0 Å². The van der Waals surface area contributed by atoms with Crippen LogP contribution in [0, 0.1) is 13.8 Å². The van der Waals surface area contributed by atoms with Crippen molar-refractivity contribution in [1.82, 2.24) is 9.78 Å². The zero-order valence-electron chi connectivity index (χ0n) is 12.7. The first-order valence-corrected chi connectivity index (χ1v) is 7.16. The standard InChI is InChI=1S/C17H19N4O/c1-13-19-20(14(2)21(13)18)12-15-8-10-17(11-9-15)22-16-6-4-3-5-7-16/h3-11H,12,18H2,1-2H3/q+1. The number of nitrogens with zero attached hydrogens (tertiary/aromatic N) is 3. The minimum absolute atomic E-state index is 0.683. The second-order valence-corrected chi connectivity index (χ2v) is 5.18. The van der Waals surface area contributed by atoms with Crippen molar-refractivity contribution in [3.8, 4) is 11.5 Å². The molecule has 3 rings (SSSR count). The Bertz CT molecular complexity index is 763. The average molecular weight is 295 g/mol. The predicted octanol–water partition coefficient (Wildman–Crippen LogP) is 2.34. The maximum atomic E-state index is 5.88. The fourth-order valence-electron chi connectivity index (χ4n) is 2.26. The monoisotopic (exact) mass is 295 g/mol. The number of nitrogen functional groups attached to an aromatic ring is 1. The summed E-state index contributed by atoms with van der Waals surface area (Å²) in [7, 11) is 0. The molecule has 0 spiro atoms.